The van der Waals surface area contributed by atoms with Crippen molar-refractivity contribution in [2.75, 3.05) is 11.9 Å². The Hall–Kier alpha value is -2.71. The first-order chi connectivity index (χ1) is 15.3. The van der Waals surface area contributed by atoms with E-state index in [2.05, 4.69) is 15.3 Å². The number of hydrogen-bond acceptors (Lipinski definition) is 5. The van der Waals surface area contributed by atoms with Gasteiger partial charge in [0.2, 0.25) is 0 Å². The number of alkyl halides is 2. The number of fused-ring (bicyclic) bond motifs is 1. The van der Waals surface area contributed by atoms with Crippen LogP contribution in [0.5, 0.6) is 0 Å². The van der Waals surface area contributed by atoms with Crippen LogP contribution in [0.3, 0.4) is 0 Å². The van der Waals surface area contributed by atoms with Gasteiger partial charge in [-0.2, -0.15) is 0 Å². The molecule has 1 aliphatic rings. The quantitative estimate of drug-likeness (QED) is 0.483. The molecule has 32 heavy (non-hydrogen) atoms. The van der Waals surface area contributed by atoms with Crippen molar-refractivity contribution < 1.29 is 23.4 Å². The predicted octanol–water partition coefficient (Wildman–Crippen LogP) is 5.25. The number of anilines is 1. The Labute approximate surface area is 184 Å². The maximum atomic E-state index is 14.6. The van der Waals surface area contributed by atoms with Crippen LogP contribution in [-0.2, 0) is 5.60 Å². The average molecular weight is 445 g/mol. The molecule has 1 atom stereocenters. The maximum Gasteiger partial charge on any atom is 0.266 e. The highest BCUT2D eigenvalue weighted by Crippen LogP contribution is 2.40. The molecule has 1 aliphatic carbocycles. The molecule has 170 valence electrons. The fourth-order valence-corrected chi connectivity index (χ4v) is 4.41. The highest BCUT2D eigenvalue weighted by molar-refractivity contribution is 5.91. The lowest BCUT2D eigenvalue weighted by molar-refractivity contribution is -0.0245. The summed E-state index contributed by atoms with van der Waals surface area (Å²) < 4.78 is 40.8. The molecule has 1 saturated carbocycles. The summed E-state index contributed by atoms with van der Waals surface area (Å²) in [5.41, 5.74) is 0.193. The van der Waals surface area contributed by atoms with Gasteiger partial charge in [-0.1, -0.05) is 18.2 Å². The van der Waals surface area contributed by atoms with Crippen molar-refractivity contribution in [3.63, 3.8) is 0 Å². The largest absolute Gasteiger partial charge is 0.396 e. The number of rotatable bonds is 6. The molecule has 5 nitrogen and oxygen atoms in total. The van der Waals surface area contributed by atoms with Crippen molar-refractivity contribution in [1.29, 1.82) is 0 Å². The van der Waals surface area contributed by atoms with E-state index >= 15 is 0 Å². The topological polar surface area (TPSA) is 78.3 Å². The van der Waals surface area contributed by atoms with Crippen LogP contribution >= 0.6 is 0 Å². The molecular formula is C24H26F3N3O2. The molecule has 8 heteroatoms. The molecule has 2 heterocycles. The van der Waals surface area contributed by atoms with Gasteiger partial charge in [-0.3, -0.25) is 9.97 Å². The van der Waals surface area contributed by atoms with Crippen molar-refractivity contribution in [2.45, 2.75) is 50.7 Å². The molecule has 0 bridgehead atoms. The third-order valence-electron chi connectivity index (χ3n) is 6.43. The number of nitrogens with one attached hydrogen (secondary N) is 1. The van der Waals surface area contributed by atoms with Crippen LogP contribution in [0.2, 0.25) is 0 Å². The molecule has 0 aliphatic heterocycles. The number of benzene rings is 1. The summed E-state index contributed by atoms with van der Waals surface area (Å²) in [5, 5.41) is 24.5. The van der Waals surface area contributed by atoms with E-state index in [4.69, 9.17) is 0 Å². The summed E-state index contributed by atoms with van der Waals surface area (Å²) in [5.74, 6) is -0.729. The summed E-state index contributed by atoms with van der Waals surface area (Å²) in [6.45, 7) is 1.81. The van der Waals surface area contributed by atoms with Crippen LogP contribution in [-0.4, -0.2) is 26.8 Å². The van der Waals surface area contributed by atoms with Crippen LogP contribution in [0.1, 0.15) is 61.9 Å². The van der Waals surface area contributed by atoms with Crippen molar-refractivity contribution in [3.8, 4) is 0 Å². The Morgan fingerprint density at radius 2 is 1.88 bits per heavy atom. The number of nitrogens with zero attached hydrogens (tertiary/aromatic N) is 2. The van der Waals surface area contributed by atoms with Crippen LogP contribution < -0.4 is 5.32 Å². The number of aromatic nitrogens is 2. The zero-order chi connectivity index (χ0) is 22.9. The standard InChI is InChI=1S/C24H26F3N3O2/c1-14(16-3-2-4-17(22(16)25)23(26)27)30-19-7-10-28-20-12-29-21(11-18(19)20)24(32)8-5-15(13-31)6-9-24/h2-4,7,10-12,14-15,23,31-32H,5-6,8-9,13H2,1H3,(H,28,30)/t14-,15?,24?/m1/s1. The molecule has 0 saturated heterocycles. The van der Waals surface area contributed by atoms with Gasteiger partial charge in [-0.25, -0.2) is 13.2 Å². The minimum absolute atomic E-state index is 0.112. The van der Waals surface area contributed by atoms with E-state index in [9.17, 15) is 23.4 Å². The lowest BCUT2D eigenvalue weighted by Crippen LogP contribution is -2.33. The highest BCUT2D eigenvalue weighted by Gasteiger charge is 2.36. The fraction of sp³-hybridized carbons (Fsp3) is 0.417. The molecule has 0 radical (unpaired) electrons. The second-order valence-corrected chi connectivity index (χ2v) is 8.52. The molecule has 2 aromatic heterocycles. The van der Waals surface area contributed by atoms with Gasteiger partial charge in [-0.05, 0) is 50.7 Å². The monoisotopic (exact) mass is 445 g/mol. The fourth-order valence-electron chi connectivity index (χ4n) is 4.41. The van der Waals surface area contributed by atoms with Gasteiger partial charge >= 0.3 is 0 Å². The van der Waals surface area contributed by atoms with Crippen LogP contribution in [0.25, 0.3) is 10.9 Å². The SMILES string of the molecule is C[C@@H](Nc1ccnc2cnc(C3(O)CCC(CO)CC3)cc12)c1cccc(C(F)F)c1F. The van der Waals surface area contributed by atoms with Gasteiger partial charge < -0.3 is 15.5 Å². The molecular weight excluding hydrogens is 419 g/mol. The molecule has 3 aromatic rings. The van der Waals surface area contributed by atoms with Crippen LogP contribution in [0, 0.1) is 11.7 Å². The number of halogens is 3. The van der Waals surface area contributed by atoms with Gasteiger partial charge in [0.05, 0.1) is 29.0 Å². The number of hydrogen-bond donors (Lipinski definition) is 3. The first kappa shape index (κ1) is 22.5. The second-order valence-electron chi connectivity index (χ2n) is 8.52. The minimum atomic E-state index is -2.89. The second kappa shape index (κ2) is 9.03. The Morgan fingerprint density at radius 3 is 2.56 bits per heavy atom. The lowest BCUT2D eigenvalue weighted by atomic mass is 9.77. The summed E-state index contributed by atoms with van der Waals surface area (Å²) >= 11 is 0. The third-order valence-corrected chi connectivity index (χ3v) is 6.43. The number of aliphatic hydroxyl groups is 2. The molecule has 1 aromatic carbocycles. The van der Waals surface area contributed by atoms with Crippen molar-refractivity contribution in [1.82, 2.24) is 9.97 Å². The van der Waals surface area contributed by atoms with Crippen LogP contribution in [0.4, 0.5) is 18.9 Å². The third kappa shape index (κ3) is 4.29. The summed E-state index contributed by atoms with van der Waals surface area (Å²) in [7, 11) is 0. The molecule has 3 N–H and O–H groups in total. The normalized spacial score (nSPS) is 22.3. The summed E-state index contributed by atoms with van der Waals surface area (Å²) in [6.07, 6.45) is 2.71. The van der Waals surface area contributed by atoms with Gasteiger partial charge in [-0.15, -0.1) is 0 Å². The molecule has 0 unspecified atom stereocenters. The number of pyridine rings is 2. The first-order valence-corrected chi connectivity index (χ1v) is 10.7. The summed E-state index contributed by atoms with van der Waals surface area (Å²) in [6, 6.07) is 6.91. The van der Waals surface area contributed by atoms with Gasteiger partial charge in [0.1, 0.15) is 11.4 Å². The Kier molecular flexibility index (Phi) is 6.35. The zero-order valence-electron chi connectivity index (χ0n) is 17.7. The average Bonchev–Trinajstić information content (AvgIpc) is 2.79. The smallest absolute Gasteiger partial charge is 0.266 e. The molecule has 0 amide bonds. The summed E-state index contributed by atoms with van der Waals surface area (Å²) in [4.78, 5) is 8.75. The maximum absolute atomic E-state index is 14.6. The van der Waals surface area contributed by atoms with Crippen LogP contribution in [0.15, 0.2) is 42.7 Å². The zero-order valence-corrected chi connectivity index (χ0v) is 17.7. The first-order valence-electron chi connectivity index (χ1n) is 10.7. The van der Waals surface area contributed by atoms with Gasteiger partial charge in [0.25, 0.3) is 6.43 Å². The lowest BCUT2D eigenvalue weighted by Gasteiger charge is -2.35. The van der Waals surface area contributed by atoms with Crippen molar-refractivity contribution >= 4 is 16.6 Å². The highest BCUT2D eigenvalue weighted by atomic mass is 19.3. The van der Waals surface area contributed by atoms with Gasteiger partial charge in [0, 0.05) is 29.4 Å². The van der Waals surface area contributed by atoms with Crippen molar-refractivity contribution in [3.05, 3.63) is 65.4 Å². The van der Waals surface area contributed by atoms with Crippen molar-refractivity contribution in [2.24, 2.45) is 5.92 Å². The van der Waals surface area contributed by atoms with Gasteiger partial charge in [0.15, 0.2) is 0 Å². The van der Waals surface area contributed by atoms with E-state index < -0.39 is 29.4 Å². The molecule has 4 rings (SSSR count). The minimum Gasteiger partial charge on any atom is -0.396 e. The van der Waals surface area contributed by atoms with E-state index in [1.165, 1.54) is 12.1 Å². The van der Waals surface area contributed by atoms with E-state index in [0.717, 1.165) is 6.07 Å². The Balaban J connectivity index is 1.65. The molecule has 1 fully saturated rings. The van der Waals surface area contributed by atoms with E-state index in [0.29, 0.717) is 48.0 Å². The van der Waals surface area contributed by atoms with E-state index in [1.807, 2.05) is 0 Å². The predicted molar refractivity (Wildman–Crippen MR) is 116 cm³/mol. The van der Waals surface area contributed by atoms with E-state index in [1.54, 1.807) is 31.5 Å². The number of aliphatic hydroxyl groups excluding tert-OH is 1. The Morgan fingerprint density at radius 1 is 1.16 bits per heavy atom. The molecule has 0 spiro atoms. The Bertz CT molecular complexity index is 1100. The van der Waals surface area contributed by atoms with E-state index in [-0.39, 0.29) is 18.1 Å².